The van der Waals surface area contributed by atoms with E-state index >= 15 is 0 Å². The molecule has 2 aromatic carbocycles. The van der Waals surface area contributed by atoms with Gasteiger partial charge in [-0.25, -0.2) is 0 Å². The van der Waals surface area contributed by atoms with Gasteiger partial charge < -0.3 is 18.8 Å². The normalized spacial score (nSPS) is 12.5. The number of amides is 1. The number of allylic oxidation sites excluding steroid dienone is 1. The Kier molecular flexibility index (Phi) is 5.38. The number of fused-ring (bicyclic) bond motifs is 1. The van der Waals surface area contributed by atoms with E-state index in [1.54, 1.807) is 24.1 Å². The SMILES string of the molecule is C=CCc1ccc(OCc2ccc(C(=O)N3CCc4ccccc43)o2)c(OC)c1. The molecule has 5 heteroatoms. The smallest absolute Gasteiger partial charge is 0.293 e. The van der Waals surface area contributed by atoms with Crippen molar-refractivity contribution in [3.63, 3.8) is 0 Å². The monoisotopic (exact) mass is 389 g/mol. The van der Waals surface area contributed by atoms with Gasteiger partial charge in [-0.05, 0) is 54.3 Å². The number of methoxy groups -OCH3 is 1. The summed E-state index contributed by atoms with van der Waals surface area (Å²) in [5.74, 6) is 2.04. The lowest BCUT2D eigenvalue weighted by atomic mass is 10.1. The number of benzene rings is 2. The van der Waals surface area contributed by atoms with Gasteiger partial charge in [0, 0.05) is 12.2 Å². The molecule has 1 aliphatic heterocycles. The molecule has 0 radical (unpaired) electrons. The van der Waals surface area contributed by atoms with Crippen LogP contribution in [-0.4, -0.2) is 19.6 Å². The second kappa shape index (κ2) is 8.27. The molecule has 29 heavy (non-hydrogen) atoms. The molecule has 0 atom stereocenters. The fourth-order valence-electron chi connectivity index (χ4n) is 3.53. The average Bonchev–Trinajstić information content (AvgIpc) is 3.40. The Morgan fingerprint density at radius 3 is 2.86 bits per heavy atom. The lowest BCUT2D eigenvalue weighted by molar-refractivity contribution is 0.0958. The molecule has 0 saturated carbocycles. The van der Waals surface area contributed by atoms with Gasteiger partial charge in [0.1, 0.15) is 12.4 Å². The second-order valence-electron chi connectivity index (χ2n) is 6.87. The van der Waals surface area contributed by atoms with Gasteiger partial charge in [-0.2, -0.15) is 0 Å². The highest BCUT2D eigenvalue weighted by molar-refractivity contribution is 6.05. The fourth-order valence-corrected chi connectivity index (χ4v) is 3.53. The standard InChI is InChI=1S/C24H23NO4/c1-3-6-17-9-11-21(23(15-17)27-2)28-16-19-10-12-22(29-19)24(26)25-14-13-18-7-4-5-8-20(18)25/h3-5,7-12,15H,1,6,13-14,16H2,2H3. The van der Waals surface area contributed by atoms with Crippen molar-refractivity contribution in [2.75, 3.05) is 18.6 Å². The van der Waals surface area contributed by atoms with Crippen LogP contribution < -0.4 is 14.4 Å². The Morgan fingerprint density at radius 2 is 2.03 bits per heavy atom. The average molecular weight is 389 g/mol. The molecule has 2 heterocycles. The molecule has 0 unspecified atom stereocenters. The number of hydrogen-bond acceptors (Lipinski definition) is 4. The van der Waals surface area contributed by atoms with E-state index in [4.69, 9.17) is 13.9 Å². The van der Waals surface area contributed by atoms with E-state index in [0.717, 1.165) is 24.1 Å². The van der Waals surface area contributed by atoms with Crippen LogP contribution in [0.25, 0.3) is 0 Å². The highest BCUT2D eigenvalue weighted by Gasteiger charge is 2.27. The van der Waals surface area contributed by atoms with E-state index < -0.39 is 0 Å². The van der Waals surface area contributed by atoms with Crippen molar-refractivity contribution in [2.24, 2.45) is 0 Å². The summed E-state index contributed by atoms with van der Waals surface area (Å²) in [5.41, 5.74) is 3.24. The van der Waals surface area contributed by atoms with Crippen LogP contribution in [0.1, 0.15) is 27.4 Å². The van der Waals surface area contributed by atoms with Gasteiger partial charge in [0.2, 0.25) is 0 Å². The van der Waals surface area contributed by atoms with Crippen molar-refractivity contribution in [1.29, 1.82) is 0 Å². The lowest BCUT2D eigenvalue weighted by Gasteiger charge is -2.15. The lowest BCUT2D eigenvalue weighted by Crippen LogP contribution is -2.28. The summed E-state index contributed by atoms with van der Waals surface area (Å²) >= 11 is 0. The van der Waals surface area contributed by atoms with Crippen molar-refractivity contribution < 1.29 is 18.7 Å². The first-order valence-corrected chi connectivity index (χ1v) is 9.58. The predicted octanol–water partition coefficient (Wildman–Crippen LogP) is 4.80. The Morgan fingerprint density at radius 1 is 1.17 bits per heavy atom. The van der Waals surface area contributed by atoms with E-state index in [1.165, 1.54) is 5.56 Å². The summed E-state index contributed by atoms with van der Waals surface area (Å²) < 4.78 is 17.0. The highest BCUT2D eigenvalue weighted by Crippen LogP contribution is 2.31. The molecular formula is C24H23NO4. The first-order chi connectivity index (χ1) is 14.2. The Labute approximate surface area is 170 Å². The number of carbonyl (C=O) groups is 1. The van der Waals surface area contributed by atoms with Crippen LogP contribution >= 0.6 is 0 Å². The minimum absolute atomic E-state index is 0.132. The van der Waals surface area contributed by atoms with E-state index in [2.05, 4.69) is 12.6 Å². The van der Waals surface area contributed by atoms with Crippen LogP contribution in [0.5, 0.6) is 11.5 Å². The molecule has 1 aliphatic rings. The number of ether oxygens (including phenoxy) is 2. The molecule has 3 aromatic rings. The summed E-state index contributed by atoms with van der Waals surface area (Å²) in [6, 6.07) is 17.2. The van der Waals surface area contributed by atoms with Crippen LogP contribution in [0.2, 0.25) is 0 Å². The zero-order valence-corrected chi connectivity index (χ0v) is 16.4. The quantitative estimate of drug-likeness (QED) is 0.545. The zero-order chi connectivity index (χ0) is 20.2. The van der Waals surface area contributed by atoms with Gasteiger partial charge in [-0.15, -0.1) is 6.58 Å². The molecule has 0 N–H and O–H groups in total. The van der Waals surface area contributed by atoms with Crippen LogP contribution in [0.3, 0.4) is 0 Å². The third-order valence-electron chi connectivity index (χ3n) is 4.98. The number of anilines is 1. The zero-order valence-electron chi connectivity index (χ0n) is 16.4. The highest BCUT2D eigenvalue weighted by atomic mass is 16.5. The first-order valence-electron chi connectivity index (χ1n) is 9.58. The maximum atomic E-state index is 12.9. The molecule has 5 nitrogen and oxygen atoms in total. The number of para-hydroxylation sites is 1. The Hall–Kier alpha value is -3.47. The van der Waals surface area contributed by atoms with Gasteiger partial charge in [-0.3, -0.25) is 4.79 Å². The third kappa shape index (κ3) is 3.90. The minimum atomic E-state index is -0.132. The van der Waals surface area contributed by atoms with Crippen molar-refractivity contribution in [2.45, 2.75) is 19.4 Å². The van der Waals surface area contributed by atoms with Crippen LogP contribution in [-0.2, 0) is 19.4 Å². The largest absolute Gasteiger partial charge is 0.493 e. The molecule has 0 saturated heterocycles. The third-order valence-corrected chi connectivity index (χ3v) is 4.98. The molecule has 148 valence electrons. The molecule has 1 amide bonds. The summed E-state index contributed by atoms with van der Waals surface area (Å²) in [4.78, 5) is 14.6. The summed E-state index contributed by atoms with van der Waals surface area (Å²) in [6.07, 6.45) is 3.47. The van der Waals surface area contributed by atoms with E-state index in [1.807, 2.05) is 42.5 Å². The van der Waals surface area contributed by atoms with Gasteiger partial charge >= 0.3 is 0 Å². The van der Waals surface area contributed by atoms with Crippen molar-refractivity contribution in [1.82, 2.24) is 0 Å². The summed E-state index contributed by atoms with van der Waals surface area (Å²) in [7, 11) is 1.61. The first kappa shape index (κ1) is 18.9. The van der Waals surface area contributed by atoms with Crippen LogP contribution in [0.15, 0.2) is 71.7 Å². The van der Waals surface area contributed by atoms with Gasteiger partial charge in [0.15, 0.2) is 17.3 Å². The van der Waals surface area contributed by atoms with Crippen LogP contribution in [0.4, 0.5) is 5.69 Å². The number of rotatable bonds is 7. The van der Waals surface area contributed by atoms with E-state index in [9.17, 15) is 4.79 Å². The molecule has 0 fully saturated rings. The maximum absolute atomic E-state index is 12.9. The summed E-state index contributed by atoms with van der Waals surface area (Å²) in [6.45, 7) is 4.63. The second-order valence-corrected chi connectivity index (χ2v) is 6.87. The van der Waals surface area contributed by atoms with Crippen molar-refractivity contribution in [3.8, 4) is 11.5 Å². The van der Waals surface area contributed by atoms with Crippen molar-refractivity contribution in [3.05, 3.63) is 89.9 Å². The Balaban J connectivity index is 1.44. The van der Waals surface area contributed by atoms with E-state index in [-0.39, 0.29) is 12.5 Å². The fraction of sp³-hybridized carbons (Fsp3) is 0.208. The minimum Gasteiger partial charge on any atom is -0.493 e. The summed E-state index contributed by atoms with van der Waals surface area (Å²) in [5, 5.41) is 0. The van der Waals surface area contributed by atoms with Crippen molar-refractivity contribution >= 4 is 11.6 Å². The Bertz CT molecular complexity index is 1040. The molecular weight excluding hydrogens is 366 g/mol. The molecule has 0 aliphatic carbocycles. The van der Waals surface area contributed by atoms with Gasteiger partial charge in [0.05, 0.1) is 7.11 Å². The molecule has 0 bridgehead atoms. The van der Waals surface area contributed by atoms with Crippen LogP contribution in [0, 0.1) is 0 Å². The van der Waals surface area contributed by atoms with Gasteiger partial charge in [0.25, 0.3) is 5.91 Å². The number of furan rings is 1. The molecule has 1 aromatic heterocycles. The molecule has 4 rings (SSSR count). The number of carbonyl (C=O) groups excluding carboxylic acids is 1. The van der Waals surface area contributed by atoms with Gasteiger partial charge in [-0.1, -0.05) is 30.3 Å². The number of hydrogen-bond donors (Lipinski definition) is 0. The predicted molar refractivity (Wildman–Crippen MR) is 112 cm³/mol. The maximum Gasteiger partial charge on any atom is 0.293 e. The number of nitrogens with zero attached hydrogens (tertiary/aromatic N) is 1. The topological polar surface area (TPSA) is 51.9 Å². The van der Waals surface area contributed by atoms with E-state index in [0.29, 0.717) is 29.6 Å². The molecule has 0 spiro atoms.